The van der Waals surface area contributed by atoms with Gasteiger partial charge in [-0.2, -0.15) is 4.98 Å². The van der Waals surface area contributed by atoms with Crippen LogP contribution in [0.25, 0.3) is 0 Å². The topological polar surface area (TPSA) is 65.5 Å². The molecule has 0 spiro atoms. The first-order valence-corrected chi connectivity index (χ1v) is 5.94. The summed E-state index contributed by atoms with van der Waals surface area (Å²) in [4.78, 5) is 8.45. The number of anilines is 1. The highest BCUT2D eigenvalue weighted by Gasteiger charge is 2.34. The minimum absolute atomic E-state index is 0.258. The summed E-state index contributed by atoms with van der Waals surface area (Å²) in [6, 6.07) is 1.77. The molecular weight excluding hydrogens is 234 g/mol. The Morgan fingerprint density at radius 1 is 1.44 bits per heavy atom. The van der Waals surface area contributed by atoms with Crippen molar-refractivity contribution in [3.63, 3.8) is 0 Å². The fourth-order valence-corrected chi connectivity index (χ4v) is 1.95. The van der Waals surface area contributed by atoms with E-state index in [1.54, 1.807) is 20.3 Å². The molecule has 100 valence electrons. The van der Waals surface area contributed by atoms with Crippen LogP contribution in [0, 0.1) is 6.92 Å². The summed E-state index contributed by atoms with van der Waals surface area (Å²) in [5.74, 6) is 1.97. The van der Waals surface area contributed by atoms with E-state index >= 15 is 0 Å². The van der Waals surface area contributed by atoms with Crippen molar-refractivity contribution in [2.24, 2.45) is 0 Å². The van der Waals surface area contributed by atoms with Crippen LogP contribution in [0.1, 0.15) is 12.2 Å². The van der Waals surface area contributed by atoms with Gasteiger partial charge in [0.05, 0.1) is 13.7 Å². The summed E-state index contributed by atoms with van der Waals surface area (Å²) >= 11 is 0. The summed E-state index contributed by atoms with van der Waals surface area (Å²) in [5.41, 5.74) is -0.258. The third-order valence-corrected chi connectivity index (χ3v) is 3.12. The third kappa shape index (κ3) is 2.88. The molecule has 1 saturated heterocycles. The van der Waals surface area contributed by atoms with Crippen LogP contribution < -0.4 is 10.1 Å². The van der Waals surface area contributed by atoms with Crippen molar-refractivity contribution in [1.82, 2.24) is 9.97 Å². The first-order chi connectivity index (χ1) is 8.67. The van der Waals surface area contributed by atoms with Gasteiger partial charge in [-0.1, -0.05) is 0 Å². The third-order valence-electron chi connectivity index (χ3n) is 3.12. The zero-order valence-corrected chi connectivity index (χ0v) is 11.0. The van der Waals surface area contributed by atoms with Gasteiger partial charge in [0.2, 0.25) is 5.88 Å². The molecule has 1 aliphatic rings. The highest BCUT2D eigenvalue weighted by atomic mass is 16.5. The van der Waals surface area contributed by atoms with E-state index in [0.717, 1.165) is 18.8 Å². The van der Waals surface area contributed by atoms with Crippen LogP contribution in [0.4, 0.5) is 5.82 Å². The van der Waals surface area contributed by atoms with Gasteiger partial charge in [0.25, 0.3) is 0 Å². The Morgan fingerprint density at radius 3 is 2.89 bits per heavy atom. The maximum atomic E-state index is 5.55. The summed E-state index contributed by atoms with van der Waals surface area (Å²) < 4.78 is 16.0. The fraction of sp³-hybridized carbons (Fsp3) is 0.667. The van der Waals surface area contributed by atoms with Gasteiger partial charge in [0.1, 0.15) is 17.2 Å². The number of nitrogens with zero attached hydrogens (tertiary/aromatic N) is 2. The predicted octanol–water partition coefficient (Wildman–Crippen LogP) is 1.01. The van der Waals surface area contributed by atoms with Crippen molar-refractivity contribution in [2.45, 2.75) is 18.9 Å². The molecule has 0 aromatic carbocycles. The molecule has 2 rings (SSSR count). The molecular formula is C12H19N3O3. The molecule has 2 heterocycles. The first kappa shape index (κ1) is 13.0. The summed E-state index contributed by atoms with van der Waals surface area (Å²) in [5, 5.41) is 3.26. The molecule has 0 radical (unpaired) electrons. The Kier molecular flexibility index (Phi) is 3.98. The van der Waals surface area contributed by atoms with Crippen molar-refractivity contribution in [3.8, 4) is 5.88 Å². The van der Waals surface area contributed by atoms with Gasteiger partial charge < -0.3 is 19.5 Å². The van der Waals surface area contributed by atoms with Crippen LogP contribution in [0.15, 0.2) is 6.07 Å². The van der Waals surface area contributed by atoms with Crippen LogP contribution in [0.3, 0.4) is 0 Å². The number of nitrogens with one attached hydrogen (secondary N) is 1. The second-order valence-electron chi connectivity index (χ2n) is 4.39. The quantitative estimate of drug-likeness (QED) is 0.845. The highest BCUT2D eigenvalue weighted by molar-refractivity contribution is 5.38. The fourth-order valence-electron chi connectivity index (χ4n) is 1.95. The molecule has 6 nitrogen and oxygen atoms in total. The Bertz CT molecular complexity index is 406. The highest BCUT2D eigenvalue weighted by Crippen LogP contribution is 2.23. The molecule has 1 fully saturated rings. The number of methoxy groups -OCH3 is 2. The second kappa shape index (κ2) is 5.49. The van der Waals surface area contributed by atoms with Gasteiger partial charge >= 0.3 is 0 Å². The summed E-state index contributed by atoms with van der Waals surface area (Å²) in [7, 11) is 3.30. The molecule has 18 heavy (non-hydrogen) atoms. The molecule has 0 amide bonds. The normalized spacial score (nSPS) is 23.1. The van der Waals surface area contributed by atoms with E-state index in [0.29, 0.717) is 24.9 Å². The van der Waals surface area contributed by atoms with Crippen molar-refractivity contribution in [1.29, 1.82) is 0 Å². The number of aryl methyl sites for hydroxylation is 1. The van der Waals surface area contributed by atoms with E-state index in [1.165, 1.54) is 0 Å². The van der Waals surface area contributed by atoms with Gasteiger partial charge in [-0.25, -0.2) is 4.98 Å². The lowest BCUT2D eigenvalue weighted by atomic mass is 10.0. The van der Waals surface area contributed by atoms with E-state index in [1.807, 2.05) is 6.92 Å². The van der Waals surface area contributed by atoms with Crippen molar-refractivity contribution < 1.29 is 14.2 Å². The maximum Gasteiger partial charge on any atom is 0.218 e. The Hall–Kier alpha value is -1.40. The van der Waals surface area contributed by atoms with E-state index in [2.05, 4.69) is 15.3 Å². The lowest BCUT2D eigenvalue weighted by Crippen LogP contribution is -2.39. The monoisotopic (exact) mass is 253 g/mol. The number of ether oxygens (including phenoxy) is 3. The molecule has 6 heteroatoms. The lowest BCUT2D eigenvalue weighted by Gasteiger charge is -2.26. The molecule has 1 N–H and O–H groups in total. The number of hydrogen-bond donors (Lipinski definition) is 1. The van der Waals surface area contributed by atoms with E-state index in [9.17, 15) is 0 Å². The van der Waals surface area contributed by atoms with E-state index in [4.69, 9.17) is 14.2 Å². The van der Waals surface area contributed by atoms with Crippen LogP contribution in [-0.4, -0.2) is 49.5 Å². The molecule has 1 aromatic rings. The van der Waals surface area contributed by atoms with Gasteiger partial charge in [-0.05, 0) is 6.92 Å². The Balaban J connectivity index is 2.03. The average molecular weight is 253 g/mol. The van der Waals surface area contributed by atoms with Gasteiger partial charge in [-0.15, -0.1) is 0 Å². The molecule has 1 unspecified atom stereocenters. The lowest BCUT2D eigenvalue weighted by molar-refractivity contribution is -0.00626. The largest absolute Gasteiger partial charge is 0.481 e. The summed E-state index contributed by atoms with van der Waals surface area (Å²) in [6.45, 7) is 3.83. The zero-order valence-electron chi connectivity index (χ0n) is 11.0. The predicted molar refractivity (Wildman–Crippen MR) is 67.0 cm³/mol. The van der Waals surface area contributed by atoms with Gasteiger partial charge in [0.15, 0.2) is 0 Å². The molecule has 0 saturated carbocycles. The van der Waals surface area contributed by atoms with Gasteiger partial charge in [-0.3, -0.25) is 0 Å². The van der Waals surface area contributed by atoms with Crippen LogP contribution in [0.5, 0.6) is 5.88 Å². The SMILES string of the molecule is COc1cc(NCC2(OC)CCOC2)nc(C)n1. The maximum absolute atomic E-state index is 5.55. The minimum Gasteiger partial charge on any atom is -0.481 e. The average Bonchev–Trinajstić information content (AvgIpc) is 2.85. The Morgan fingerprint density at radius 2 is 2.28 bits per heavy atom. The van der Waals surface area contributed by atoms with Crippen molar-refractivity contribution in [2.75, 3.05) is 39.3 Å². The van der Waals surface area contributed by atoms with Gasteiger partial charge in [0, 0.05) is 32.7 Å². The molecule has 1 atom stereocenters. The van der Waals surface area contributed by atoms with E-state index in [-0.39, 0.29) is 5.60 Å². The Labute approximate surface area is 107 Å². The second-order valence-corrected chi connectivity index (χ2v) is 4.39. The van der Waals surface area contributed by atoms with Crippen LogP contribution in [-0.2, 0) is 9.47 Å². The number of rotatable bonds is 5. The molecule has 0 bridgehead atoms. The smallest absolute Gasteiger partial charge is 0.218 e. The van der Waals surface area contributed by atoms with E-state index < -0.39 is 0 Å². The minimum atomic E-state index is -0.258. The van der Waals surface area contributed by atoms with Crippen LogP contribution >= 0.6 is 0 Å². The molecule has 1 aromatic heterocycles. The first-order valence-electron chi connectivity index (χ1n) is 5.94. The standard InChI is InChI=1S/C12H19N3O3/c1-9-14-10(6-11(15-9)16-2)13-7-12(17-3)4-5-18-8-12/h6H,4-5,7-8H2,1-3H3,(H,13,14,15). The molecule has 0 aliphatic carbocycles. The van der Waals surface area contributed by atoms with Crippen LogP contribution in [0.2, 0.25) is 0 Å². The number of hydrogen-bond acceptors (Lipinski definition) is 6. The van der Waals surface area contributed by atoms with Crippen molar-refractivity contribution >= 4 is 5.82 Å². The summed E-state index contributed by atoms with van der Waals surface area (Å²) in [6.07, 6.45) is 0.887. The molecule has 1 aliphatic heterocycles. The van der Waals surface area contributed by atoms with Crippen molar-refractivity contribution in [3.05, 3.63) is 11.9 Å². The zero-order chi connectivity index (χ0) is 13.0. The number of aromatic nitrogens is 2.